The molecule has 1 aromatic rings. The fourth-order valence-corrected chi connectivity index (χ4v) is 7.53. The number of nitrogens with zero attached hydrogens (tertiary/aromatic N) is 3. The Morgan fingerprint density at radius 3 is 2.62 bits per heavy atom. The van der Waals surface area contributed by atoms with Gasteiger partial charge in [0.2, 0.25) is 22.7 Å². The highest BCUT2D eigenvalue weighted by Crippen LogP contribution is 2.43. The van der Waals surface area contributed by atoms with Crippen LogP contribution >= 0.6 is 0 Å². The minimum absolute atomic E-state index is 0.0326. The molecule has 0 radical (unpaired) electrons. The van der Waals surface area contributed by atoms with E-state index < -0.39 is 28.0 Å². The number of rotatable bonds is 14. The van der Waals surface area contributed by atoms with E-state index >= 15 is 0 Å². The highest BCUT2D eigenvalue weighted by Gasteiger charge is 2.47. The maximum Gasteiger partial charge on any atom is 0.308 e. The normalized spacial score (nSPS) is 24.3. The number of sulfonamides is 1. The molecular formula is C27H42N4O7S. The number of nitrogens with two attached hydrogens (primary N) is 1. The Morgan fingerprint density at radius 2 is 1.92 bits per heavy atom. The summed E-state index contributed by atoms with van der Waals surface area (Å²) in [6.07, 6.45) is 4.42. The van der Waals surface area contributed by atoms with Crippen LogP contribution in [0.5, 0.6) is 11.5 Å². The third-order valence-electron chi connectivity index (χ3n) is 8.09. The number of fused-ring (bicyclic) bond motifs is 1. The number of benzene rings is 1. The third-order valence-corrected chi connectivity index (χ3v) is 10.0. The van der Waals surface area contributed by atoms with E-state index in [2.05, 4.69) is 6.92 Å². The van der Waals surface area contributed by atoms with Crippen molar-refractivity contribution in [2.24, 2.45) is 11.7 Å². The molecule has 3 aliphatic rings. The van der Waals surface area contributed by atoms with Gasteiger partial charge in [0.05, 0.1) is 18.2 Å². The first-order valence-corrected chi connectivity index (χ1v) is 15.7. The average Bonchev–Trinajstić information content (AvgIpc) is 3.60. The zero-order chi connectivity index (χ0) is 28.0. The van der Waals surface area contributed by atoms with E-state index in [1.807, 2.05) is 21.9 Å². The number of hydrogen-bond donors (Lipinski definition) is 2. The van der Waals surface area contributed by atoms with Gasteiger partial charge in [0, 0.05) is 44.7 Å². The second-order valence-corrected chi connectivity index (χ2v) is 12.8. The van der Waals surface area contributed by atoms with Crippen molar-refractivity contribution in [2.45, 2.75) is 57.4 Å². The Balaban J connectivity index is 1.58. The van der Waals surface area contributed by atoms with Crippen LogP contribution in [0.15, 0.2) is 18.2 Å². The van der Waals surface area contributed by atoms with Crippen molar-refractivity contribution >= 4 is 21.9 Å². The summed E-state index contributed by atoms with van der Waals surface area (Å²) >= 11 is 0. The minimum atomic E-state index is -3.31. The smallest absolute Gasteiger partial charge is 0.308 e. The van der Waals surface area contributed by atoms with E-state index in [4.69, 9.17) is 15.2 Å². The summed E-state index contributed by atoms with van der Waals surface area (Å²) in [6.45, 7) is 5.21. The van der Waals surface area contributed by atoms with Crippen LogP contribution in [-0.4, -0.2) is 104 Å². The number of aliphatic carboxylic acids is 1. The molecule has 218 valence electrons. The highest BCUT2D eigenvalue weighted by molar-refractivity contribution is 7.89. The molecule has 2 fully saturated rings. The van der Waals surface area contributed by atoms with E-state index in [0.29, 0.717) is 57.1 Å². The van der Waals surface area contributed by atoms with Gasteiger partial charge in [0.15, 0.2) is 11.5 Å². The number of carboxylic acids is 1. The Kier molecular flexibility index (Phi) is 10.1. The molecular weight excluding hydrogens is 524 g/mol. The Bertz CT molecular complexity index is 1120. The van der Waals surface area contributed by atoms with Gasteiger partial charge in [-0.1, -0.05) is 19.4 Å². The van der Waals surface area contributed by atoms with Crippen LogP contribution in [0, 0.1) is 5.92 Å². The summed E-state index contributed by atoms with van der Waals surface area (Å²) in [7, 11) is -3.31. The largest absolute Gasteiger partial charge is 0.481 e. The number of likely N-dealkylation sites (tertiary alicyclic amines) is 1. The van der Waals surface area contributed by atoms with Gasteiger partial charge in [-0.3, -0.25) is 14.5 Å². The zero-order valence-corrected chi connectivity index (χ0v) is 23.6. The van der Waals surface area contributed by atoms with Crippen molar-refractivity contribution in [2.75, 3.05) is 58.4 Å². The maximum atomic E-state index is 13.5. The molecule has 3 N–H and O–H groups in total. The van der Waals surface area contributed by atoms with Crippen LogP contribution in [0.25, 0.3) is 0 Å². The van der Waals surface area contributed by atoms with Crippen LogP contribution in [0.4, 0.5) is 0 Å². The summed E-state index contributed by atoms with van der Waals surface area (Å²) in [6, 6.07) is 4.99. The molecule has 0 aliphatic carbocycles. The fraction of sp³-hybridized carbons (Fsp3) is 0.704. The van der Waals surface area contributed by atoms with E-state index in [1.165, 1.54) is 4.31 Å². The monoisotopic (exact) mass is 566 g/mol. The van der Waals surface area contributed by atoms with Gasteiger partial charge < -0.3 is 25.2 Å². The molecule has 1 amide bonds. The van der Waals surface area contributed by atoms with Crippen molar-refractivity contribution in [3.05, 3.63) is 23.8 Å². The molecule has 12 heteroatoms. The topological polar surface area (TPSA) is 143 Å². The lowest BCUT2D eigenvalue weighted by Crippen LogP contribution is -2.45. The number of carbonyl (C=O) groups excluding carboxylic acids is 1. The first-order valence-electron chi connectivity index (χ1n) is 14.1. The molecule has 0 bridgehead atoms. The number of ether oxygens (including phenoxy) is 2. The van der Waals surface area contributed by atoms with Gasteiger partial charge in [-0.2, -0.15) is 0 Å². The number of unbranched alkanes of at least 4 members (excludes halogenated alkanes) is 2. The molecule has 1 aromatic carbocycles. The van der Waals surface area contributed by atoms with Crippen LogP contribution in [-0.2, 0) is 19.6 Å². The van der Waals surface area contributed by atoms with Crippen molar-refractivity contribution in [1.29, 1.82) is 0 Å². The average molecular weight is 567 g/mol. The van der Waals surface area contributed by atoms with Crippen molar-refractivity contribution < 1.29 is 32.6 Å². The summed E-state index contributed by atoms with van der Waals surface area (Å²) in [5, 5.41) is 10.4. The van der Waals surface area contributed by atoms with Crippen molar-refractivity contribution in [3.8, 4) is 11.5 Å². The summed E-state index contributed by atoms with van der Waals surface area (Å²) in [5.41, 5.74) is 6.47. The number of carboxylic acid groups (broad SMARTS) is 1. The first kappa shape index (κ1) is 29.6. The lowest BCUT2D eigenvalue weighted by Gasteiger charge is -2.30. The Morgan fingerprint density at radius 1 is 1.15 bits per heavy atom. The van der Waals surface area contributed by atoms with Crippen LogP contribution in [0.1, 0.15) is 56.9 Å². The number of amides is 1. The molecule has 0 saturated carbocycles. The summed E-state index contributed by atoms with van der Waals surface area (Å²) in [5.74, 6) is -0.845. The fourth-order valence-electron chi connectivity index (χ4n) is 5.98. The van der Waals surface area contributed by atoms with Gasteiger partial charge in [-0.25, -0.2) is 12.7 Å². The number of carbonyl (C=O) groups is 2. The predicted octanol–water partition coefficient (Wildman–Crippen LogP) is 1.68. The van der Waals surface area contributed by atoms with Gasteiger partial charge >= 0.3 is 5.97 Å². The summed E-state index contributed by atoms with van der Waals surface area (Å²) in [4.78, 5) is 30.1. The molecule has 0 spiro atoms. The van der Waals surface area contributed by atoms with Crippen molar-refractivity contribution in [3.63, 3.8) is 0 Å². The second-order valence-electron chi connectivity index (χ2n) is 10.7. The standard InChI is InChI=1S/C27H42N4O7S/c1-2-3-11-29(12-5-4-10-28)25(32)18-30-17-21(20-7-8-23-24(16-20)38-19-37-23)26(27(33)34)22(30)9-14-31-13-6-15-39(31,35)36/h7-8,16,21-22,26H,2-6,9-15,17-19,28H2,1H3,(H,33,34)/t21-,22+,26-/m1/s1. The predicted molar refractivity (Wildman–Crippen MR) is 146 cm³/mol. The van der Waals surface area contributed by atoms with E-state index in [0.717, 1.165) is 31.2 Å². The minimum Gasteiger partial charge on any atom is -0.481 e. The lowest BCUT2D eigenvalue weighted by atomic mass is 9.84. The van der Waals surface area contributed by atoms with E-state index in [-0.39, 0.29) is 37.5 Å². The molecule has 39 heavy (non-hydrogen) atoms. The molecule has 0 aromatic heterocycles. The van der Waals surface area contributed by atoms with Gasteiger partial charge in [0.25, 0.3) is 0 Å². The molecule has 4 rings (SSSR count). The van der Waals surface area contributed by atoms with Gasteiger partial charge in [-0.15, -0.1) is 0 Å². The SMILES string of the molecule is CCCCN(CCCCN)C(=O)CN1C[C@H](c2ccc3c(c2)OCO3)[C@@H](C(=O)O)[C@@H]1CCN1CCCS1(=O)=O. The molecule has 3 atom stereocenters. The third kappa shape index (κ3) is 7.03. The summed E-state index contributed by atoms with van der Waals surface area (Å²) < 4.78 is 37.3. The molecule has 11 nitrogen and oxygen atoms in total. The van der Waals surface area contributed by atoms with Crippen molar-refractivity contribution in [1.82, 2.24) is 14.1 Å². The highest BCUT2D eigenvalue weighted by atomic mass is 32.2. The van der Waals surface area contributed by atoms with E-state index in [9.17, 15) is 23.1 Å². The van der Waals surface area contributed by atoms with Gasteiger partial charge in [-0.05, 0) is 56.3 Å². The Hall–Kier alpha value is -2.41. The van der Waals surface area contributed by atoms with Gasteiger partial charge in [0.1, 0.15) is 0 Å². The molecule has 3 aliphatic heterocycles. The first-order chi connectivity index (χ1) is 18.7. The van der Waals surface area contributed by atoms with Crippen LogP contribution < -0.4 is 15.2 Å². The quantitative estimate of drug-likeness (QED) is 0.322. The van der Waals surface area contributed by atoms with Crippen LogP contribution in [0.2, 0.25) is 0 Å². The maximum absolute atomic E-state index is 13.5. The second kappa shape index (κ2) is 13.3. The van der Waals surface area contributed by atoms with Crippen LogP contribution in [0.3, 0.4) is 0 Å². The molecule has 2 saturated heterocycles. The number of hydrogen-bond acceptors (Lipinski definition) is 8. The molecule has 0 unspecified atom stereocenters. The lowest BCUT2D eigenvalue weighted by molar-refractivity contribution is -0.143. The zero-order valence-electron chi connectivity index (χ0n) is 22.8. The van der Waals surface area contributed by atoms with E-state index in [1.54, 1.807) is 6.07 Å². The molecule has 3 heterocycles. The Labute approximate surface area is 231 Å².